The number of nitrogens with one attached hydrogen (secondary N) is 3. The third-order valence-electron chi connectivity index (χ3n) is 4.25. The third kappa shape index (κ3) is 6.24. The monoisotopic (exact) mass is 506 g/mol. The van der Waals surface area contributed by atoms with E-state index in [1.165, 1.54) is 16.9 Å². The first-order valence-electron chi connectivity index (χ1n) is 10.1. The standard InChI is InChI=1S/C20H18Cl2N6O4.C2H6/c1-10-7-12(21)9-13(18(29)25-26-20(31)32-3)16(10)24-19(30)15-8-11(2)27-28(15)17-14(22)5-4-6-23-17;1-2/h4-9H,1-3H3,(H,24,30)(H,25,29)(H,26,31);1-2H3. The first-order chi connectivity index (χ1) is 16.2. The minimum absolute atomic E-state index is 0.0263. The van der Waals surface area contributed by atoms with Crippen molar-refractivity contribution in [1.82, 2.24) is 25.6 Å². The maximum absolute atomic E-state index is 13.2. The van der Waals surface area contributed by atoms with E-state index in [0.29, 0.717) is 16.3 Å². The normalized spacial score (nSPS) is 9.97. The van der Waals surface area contributed by atoms with Gasteiger partial charge < -0.3 is 10.1 Å². The van der Waals surface area contributed by atoms with Gasteiger partial charge in [-0.3, -0.25) is 15.0 Å². The van der Waals surface area contributed by atoms with Crippen molar-refractivity contribution in [1.29, 1.82) is 0 Å². The predicted molar refractivity (Wildman–Crippen MR) is 130 cm³/mol. The van der Waals surface area contributed by atoms with Crippen molar-refractivity contribution in [3.63, 3.8) is 0 Å². The van der Waals surface area contributed by atoms with Crippen LogP contribution in [0.3, 0.4) is 0 Å². The van der Waals surface area contributed by atoms with E-state index in [-0.39, 0.29) is 27.8 Å². The molecule has 3 N–H and O–H groups in total. The number of benzene rings is 1. The molecule has 0 fully saturated rings. The van der Waals surface area contributed by atoms with Crippen molar-refractivity contribution in [3.05, 3.63) is 69.1 Å². The van der Waals surface area contributed by atoms with E-state index in [1.54, 1.807) is 38.1 Å². The van der Waals surface area contributed by atoms with Gasteiger partial charge in [0.25, 0.3) is 11.8 Å². The van der Waals surface area contributed by atoms with Crippen LogP contribution in [0.1, 0.15) is 46.0 Å². The molecule has 0 atom stereocenters. The van der Waals surface area contributed by atoms with Crippen molar-refractivity contribution in [2.75, 3.05) is 12.4 Å². The number of hydrogen-bond donors (Lipinski definition) is 3. The van der Waals surface area contributed by atoms with Crippen molar-refractivity contribution < 1.29 is 19.1 Å². The molecule has 10 nitrogen and oxygen atoms in total. The van der Waals surface area contributed by atoms with Gasteiger partial charge in [-0.2, -0.15) is 5.10 Å². The van der Waals surface area contributed by atoms with Crippen LogP contribution in [0.2, 0.25) is 10.0 Å². The van der Waals surface area contributed by atoms with Crippen molar-refractivity contribution in [2.24, 2.45) is 0 Å². The summed E-state index contributed by atoms with van der Waals surface area (Å²) in [6.45, 7) is 7.39. The number of aryl methyl sites for hydroxylation is 2. The maximum atomic E-state index is 13.2. The number of methoxy groups -OCH3 is 1. The van der Waals surface area contributed by atoms with Gasteiger partial charge in [0.2, 0.25) is 0 Å². The molecule has 0 unspecified atom stereocenters. The van der Waals surface area contributed by atoms with Crippen LogP contribution in [0.5, 0.6) is 0 Å². The van der Waals surface area contributed by atoms with Gasteiger partial charge in [-0.05, 0) is 49.7 Å². The van der Waals surface area contributed by atoms with Gasteiger partial charge in [0.05, 0.1) is 29.1 Å². The quantitative estimate of drug-likeness (QED) is 0.448. The Morgan fingerprint density at radius 1 is 1.03 bits per heavy atom. The number of nitrogens with zero attached hydrogens (tertiary/aromatic N) is 3. The number of carbonyl (C=O) groups is 3. The molecular weight excluding hydrogens is 483 g/mol. The van der Waals surface area contributed by atoms with Gasteiger partial charge in [0.1, 0.15) is 5.69 Å². The minimum Gasteiger partial charge on any atom is -0.452 e. The summed E-state index contributed by atoms with van der Waals surface area (Å²) in [6, 6.07) is 7.79. The highest BCUT2D eigenvalue weighted by Gasteiger charge is 2.22. The van der Waals surface area contributed by atoms with Gasteiger partial charge in [-0.15, -0.1) is 0 Å². The highest BCUT2D eigenvalue weighted by atomic mass is 35.5. The average Bonchev–Trinajstić information content (AvgIpc) is 3.21. The number of rotatable bonds is 4. The lowest BCUT2D eigenvalue weighted by Crippen LogP contribution is -2.41. The molecule has 34 heavy (non-hydrogen) atoms. The van der Waals surface area contributed by atoms with Crippen LogP contribution >= 0.6 is 23.2 Å². The molecule has 0 bridgehead atoms. The summed E-state index contributed by atoms with van der Waals surface area (Å²) in [5.74, 6) is -0.998. The lowest BCUT2D eigenvalue weighted by molar-refractivity contribution is 0.0921. The molecule has 12 heteroatoms. The molecule has 3 aromatic rings. The van der Waals surface area contributed by atoms with E-state index < -0.39 is 17.9 Å². The molecule has 0 saturated heterocycles. The van der Waals surface area contributed by atoms with E-state index in [4.69, 9.17) is 23.2 Å². The number of pyridine rings is 1. The lowest BCUT2D eigenvalue weighted by Gasteiger charge is -2.15. The number of anilines is 1. The van der Waals surface area contributed by atoms with E-state index in [0.717, 1.165) is 7.11 Å². The number of hydrogen-bond acceptors (Lipinski definition) is 6. The number of ether oxygens (including phenoxy) is 1. The van der Waals surface area contributed by atoms with E-state index in [1.807, 2.05) is 13.8 Å². The van der Waals surface area contributed by atoms with Crippen LogP contribution in [-0.2, 0) is 4.74 Å². The Morgan fingerprint density at radius 2 is 1.74 bits per heavy atom. The molecule has 0 aliphatic heterocycles. The van der Waals surface area contributed by atoms with E-state index in [2.05, 4.69) is 31.0 Å². The van der Waals surface area contributed by atoms with Gasteiger partial charge >= 0.3 is 6.09 Å². The molecule has 0 aliphatic rings. The summed E-state index contributed by atoms with van der Waals surface area (Å²) >= 11 is 12.3. The molecule has 0 spiro atoms. The Balaban J connectivity index is 0.00000199. The zero-order valence-electron chi connectivity index (χ0n) is 19.2. The largest absolute Gasteiger partial charge is 0.452 e. The summed E-state index contributed by atoms with van der Waals surface area (Å²) < 4.78 is 5.73. The summed E-state index contributed by atoms with van der Waals surface area (Å²) in [5, 5.41) is 7.59. The number of aromatic nitrogens is 3. The molecule has 0 saturated carbocycles. The second kappa shape index (κ2) is 12.0. The molecule has 0 radical (unpaired) electrons. The molecule has 3 rings (SSSR count). The van der Waals surface area contributed by atoms with Gasteiger partial charge in [0, 0.05) is 11.2 Å². The summed E-state index contributed by atoms with van der Waals surface area (Å²) in [5.41, 5.74) is 5.71. The van der Waals surface area contributed by atoms with Crippen LogP contribution in [0.15, 0.2) is 36.5 Å². The minimum atomic E-state index is -0.866. The fourth-order valence-corrected chi connectivity index (χ4v) is 3.32. The van der Waals surface area contributed by atoms with Gasteiger partial charge in [-0.25, -0.2) is 19.9 Å². The number of halogens is 2. The topological polar surface area (TPSA) is 127 Å². The number of amides is 3. The summed E-state index contributed by atoms with van der Waals surface area (Å²) in [4.78, 5) is 41.2. The lowest BCUT2D eigenvalue weighted by atomic mass is 10.1. The molecule has 1 aromatic carbocycles. The zero-order valence-corrected chi connectivity index (χ0v) is 20.7. The molecule has 180 valence electrons. The van der Waals surface area contributed by atoms with Crippen molar-refractivity contribution >= 4 is 46.8 Å². The Labute approximate surface area is 206 Å². The third-order valence-corrected chi connectivity index (χ3v) is 4.76. The Hall–Kier alpha value is -3.63. The van der Waals surface area contributed by atoms with Crippen LogP contribution in [0.25, 0.3) is 5.82 Å². The second-order valence-electron chi connectivity index (χ2n) is 6.56. The number of hydrazine groups is 1. The van der Waals surface area contributed by atoms with Crippen LogP contribution < -0.4 is 16.2 Å². The summed E-state index contributed by atoms with van der Waals surface area (Å²) in [6.07, 6.45) is 0.661. The average molecular weight is 507 g/mol. The van der Waals surface area contributed by atoms with Crippen molar-refractivity contribution in [3.8, 4) is 5.82 Å². The van der Waals surface area contributed by atoms with Gasteiger partial charge in [-0.1, -0.05) is 37.0 Å². The summed E-state index contributed by atoms with van der Waals surface area (Å²) in [7, 11) is 1.15. The Kier molecular flexibility index (Phi) is 9.40. The molecule has 2 aromatic heterocycles. The maximum Gasteiger partial charge on any atom is 0.425 e. The van der Waals surface area contributed by atoms with E-state index in [9.17, 15) is 14.4 Å². The van der Waals surface area contributed by atoms with Crippen LogP contribution in [-0.4, -0.2) is 39.8 Å². The molecule has 0 aliphatic carbocycles. The Morgan fingerprint density at radius 3 is 2.38 bits per heavy atom. The van der Waals surface area contributed by atoms with Gasteiger partial charge in [0.15, 0.2) is 5.82 Å². The fourth-order valence-electron chi connectivity index (χ4n) is 2.85. The van der Waals surface area contributed by atoms with Crippen LogP contribution in [0.4, 0.5) is 10.5 Å². The first kappa shape index (κ1) is 26.6. The highest BCUT2D eigenvalue weighted by Crippen LogP contribution is 2.27. The van der Waals surface area contributed by atoms with Crippen LogP contribution in [0, 0.1) is 13.8 Å². The first-order valence-corrected chi connectivity index (χ1v) is 10.9. The number of carbonyl (C=O) groups excluding carboxylic acids is 3. The smallest absolute Gasteiger partial charge is 0.425 e. The predicted octanol–water partition coefficient (Wildman–Crippen LogP) is 4.47. The second-order valence-corrected chi connectivity index (χ2v) is 7.41. The molecule has 2 heterocycles. The molecule has 3 amide bonds. The van der Waals surface area contributed by atoms with Crippen molar-refractivity contribution in [2.45, 2.75) is 27.7 Å². The molecular formula is C22H24Cl2N6O4. The SMILES string of the molecule is CC.COC(=O)NNC(=O)c1cc(Cl)cc(C)c1NC(=O)c1cc(C)nn1-c1ncccc1Cl. The van der Waals surface area contributed by atoms with E-state index >= 15 is 0 Å². The zero-order chi connectivity index (χ0) is 25.4. The Bertz CT molecular complexity index is 1210. The fraction of sp³-hybridized carbons (Fsp3) is 0.227. The highest BCUT2D eigenvalue weighted by molar-refractivity contribution is 6.32.